The Labute approximate surface area is 142 Å². The van der Waals surface area contributed by atoms with Crippen molar-refractivity contribution in [3.8, 4) is 0 Å². The number of hydrogen-bond acceptors (Lipinski definition) is 3. The number of benzene rings is 1. The summed E-state index contributed by atoms with van der Waals surface area (Å²) in [6, 6.07) is 7.61. The quantitative estimate of drug-likeness (QED) is 0.868. The van der Waals surface area contributed by atoms with E-state index in [0.29, 0.717) is 32.7 Å². The van der Waals surface area contributed by atoms with Crippen molar-refractivity contribution in [3.05, 3.63) is 35.4 Å². The predicted molar refractivity (Wildman–Crippen MR) is 90.8 cm³/mol. The average Bonchev–Trinajstić information content (AvgIpc) is 3.02. The number of fused-ring (bicyclic) bond motifs is 1. The van der Waals surface area contributed by atoms with Crippen molar-refractivity contribution in [2.75, 3.05) is 26.3 Å². The monoisotopic (exact) mass is 331 g/mol. The zero-order valence-corrected chi connectivity index (χ0v) is 14.1. The van der Waals surface area contributed by atoms with E-state index in [1.54, 1.807) is 4.90 Å². The average molecular weight is 331 g/mol. The number of nitrogens with zero attached hydrogens (tertiary/aromatic N) is 1. The van der Waals surface area contributed by atoms with Gasteiger partial charge in [-0.15, -0.1) is 0 Å². The third-order valence-corrected chi connectivity index (χ3v) is 4.72. The van der Waals surface area contributed by atoms with Gasteiger partial charge >= 0.3 is 6.03 Å². The molecule has 24 heavy (non-hydrogen) atoms. The normalized spacial score (nSPS) is 18.8. The van der Waals surface area contributed by atoms with Crippen molar-refractivity contribution in [3.63, 3.8) is 0 Å². The number of urea groups is 1. The van der Waals surface area contributed by atoms with Crippen LogP contribution in [0.2, 0.25) is 0 Å². The van der Waals surface area contributed by atoms with E-state index in [-0.39, 0.29) is 18.0 Å². The highest BCUT2D eigenvalue weighted by Gasteiger charge is 2.27. The molecule has 6 heteroatoms. The molecule has 1 heterocycles. The van der Waals surface area contributed by atoms with Crippen LogP contribution in [-0.4, -0.2) is 55.2 Å². The van der Waals surface area contributed by atoms with Crippen LogP contribution in [0.3, 0.4) is 0 Å². The van der Waals surface area contributed by atoms with Crippen molar-refractivity contribution in [2.24, 2.45) is 0 Å². The van der Waals surface area contributed by atoms with E-state index < -0.39 is 6.04 Å². The van der Waals surface area contributed by atoms with Crippen LogP contribution in [0, 0.1) is 0 Å². The highest BCUT2D eigenvalue weighted by atomic mass is 16.5. The molecular weight excluding hydrogens is 306 g/mol. The second kappa shape index (κ2) is 7.66. The second-order valence-corrected chi connectivity index (χ2v) is 6.39. The Balaban J connectivity index is 1.51. The van der Waals surface area contributed by atoms with Crippen molar-refractivity contribution in [2.45, 2.75) is 38.3 Å². The lowest BCUT2D eigenvalue weighted by Crippen LogP contribution is -2.54. The van der Waals surface area contributed by atoms with Gasteiger partial charge in [-0.1, -0.05) is 31.2 Å². The van der Waals surface area contributed by atoms with Crippen LogP contribution < -0.4 is 10.6 Å². The first kappa shape index (κ1) is 16.8. The van der Waals surface area contributed by atoms with Gasteiger partial charge in [-0.25, -0.2) is 4.79 Å². The van der Waals surface area contributed by atoms with E-state index in [1.807, 2.05) is 19.1 Å². The number of amides is 3. The first-order chi connectivity index (χ1) is 11.7. The number of hydrogen-bond donors (Lipinski definition) is 2. The number of carbonyl (C=O) groups excluding carboxylic acids is 2. The fourth-order valence-corrected chi connectivity index (χ4v) is 3.39. The standard InChI is InChI=1S/C18H25N3O3/c1-2-16(17(22)21-7-9-24-10-8-21)20-18(23)19-15-11-13-5-3-4-6-14(13)12-15/h3-6,15-16H,2,7-12H2,1H3,(H2,19,20,23)/t16-/m0/s1. The summed E-state index contributed by atoms with van der Waals surface area (Å²) in [6.45, 7) is 4.23. The van der Waals surface area contributed by atoms with Gasteiger partial charge in [0.15, 0.2) is 0 Å². The minimum atomic E-state index is -0.480. The summed E-state index contributed by atoms with van der Waals surface area (Å²) in [7, 11) is 0. The van der Waals surface area contributed by atoms with Crippen LogP contribution in [0.5, 0.6) is 0 Å². The Bertz CT molecular complexity index is 574. The molecule has 1 fully saturated rings. The summed E-state index contributed by atoms with van der Waals surface area (Å²) < 4.78 is 5.27. The predicted octanol–water partition coefficient (Wildman–Crippen LogP) is 1.09. The van der Waals surface area contributed by atoms with E-state index in [0.717, 1.165) is 12.8 Å². The fraction of sp³-hybridized carbons (Fsp3) is 0.556. The van der Waals surface area contributed by atoms with Crippen LogP contribution in [0.15, 0.2) is 24.3 Å². The molecule has 1 aliphatic heterocycles. The maximum absolute atomic E-state index is 12.5. The van der Waals surface area contributed by atoms with Crippen molar-refractivity contribution in [1.82, 2.24) is 15.5 Å². The Kier molecular flexibility index (Phi) is 5.35. The maximum atomic E-state index is 12.5. The van der Waals surface area contributed by atoms with Gasteiger partial charge < -0.3 is 20.3 Å². The lowest BCUT2D eigenvalue weighted by Gasteiger charge is -2.30. The Hall–Kier alpha value is -2.08. The van der Waals surface area contributed by atoms with Crippen molar-refractivity contribution in [1.29, 1.82) is 0 Å². The molecule has 0 saturated carbocycles. The number of nitrogens with one attached hydrogen (secondary N) is 2. The summed E-state index contributed by atoms with van der Waals surface area (Å²) in [4.78, 5) is 26.6. The largest absolute Gasteiger partial charge is 0.378 e. The van der Waals surface area contributed by atoms with Crippen molar-refractivity contribution >= 4 is 11.9 Å². The summed E-state index contributed by atoms with van der Waals surface area (Å²) in [5.41, 5.74) is 2.58. The van der Waals surface area contributed by atoms with Crippen LogP contribution in [0.25, 0.3) is 0 Å². The van der Waals surface area contributed by atoms with E-state index in [2.05, 4.69) is 22.8 Å². The third-order valence-electron chi connectivity index (χ3n) is 4.72. The molecule has 0 radical (unpaired) electrons. The van der Waals surface area contributed by atoms with Crippen LogP contribution >= 0.6 is 0 Å². The molecule has 1 aliphatic carbocycles. The minimum absolute atomic E-state index is 0.0225. The summed E-state index contributed by atoms with van der Waals surface area (Å²) in [5, 5.41) is 5.84. The van der Waals surface area contributed by atoms with Gasteiger partial charge in [-0.05, 0) is 30.4 Å². The Morgan fingerprint density at radius 2 is 1.83 bits per heavy atom. The second-order valence-electron chi connectivity index (χ2n) is 6.39. The zero-order chi connectivity index (χ0) is 16.9. The van der Waals surface area contributed by atoms with Crippen LogP contribution in [0.1, 0.15) is 24.5 Å². The van der Waals surface area contributed by atoms with Gasteiger partial charge in [0.25, 0.3) is 0 Å². The molecule has 3 amide bonds. The molecule has 3 rings (SSSR count). The molecule has 0 spiro atoms. The Morgan fingerprint density at radius 1 is 1.21 bits per heavy atom. The van der Waals surface area contributed by atoms with Crippen LogP contribution in [0.4, 0.5) is 4.79 Å². The molecule has 0 unspecified atom stereocenters. The zero-order valence-electron chi connectivity index (χ0n) is 14.1. The smallest absolute Gasteiger partial charge is 0.315 e. The summed E-state index contributed by atoms with van der Waals surface area (Å²) in [6.07, 6.45) is 2.27. The minimum Gasteiger partial charge on any atom is -0.378 e. The number of ether oxygens (including phenoxy) is 1. The molecule has 1 atom stereocenters. The molecule has 2 aliphatic rings. The lowest BCUT2D eigenvalue weighted by molar-refractivity contribution is -0.137. The molecule has 1 saturated heterocycles. The molecule has 6 nitrogen and oxygen atoms in total. The molecule has 1 aromatic rings. The SMILES string of the molecule is CC[C@H](NC(=O)NC1Cc2ccccc2C1)C(=O)N1CCOCC1. The van der Waals surface area contributed by atoms with Gasteiger partial charge in [0.2, 0.25) is 5.91 Å². The van der Waals surface area contributed by atoms with Gasteiger partial charge in [-0.3, -0.25) is 4.79 Å². The molecule has 0 aromatic heterocycles. The molecule has 130 valence electrons. The fourth-order valence-electron chi connectivity index (χ4n) is 3.39. The highest BCUT2D eigenvalue weighted by Crippen LogP contribution is 2.21. The summed E-state index contributed by atoms with van der Waals surface area (Å²) >= 11 is 0. The highest BCUT2D eigenvalue weighted by molar-refractivity contribution is 5.87. The first-order valence-corrected chi connectivity index (χ1v) is 8.67. The molecule has 1 aromatic carbocycles. The van der Waals surface area contributed by atoms with Crippen LogP contribution in [-0.2, 0) is 22.4 Å². The topological polar surface area (TPSA) is 70.7 Å². The van der Waals surface area contributed by atoms with Gasteiger partial charge in [0.05, 0.1) is 13.2 Å². The lowest BCUT2D eigenvalue weighted by atomic mass is 10.1. The van der Waals surface area contributed by atoms with Gasteiger partial charge in [0, 0.05) is 19.1 Å². The number of carbonyl (C=O) groups is 2. The maximum Gasteiger partial charge on any atom is 0.315 e. The van der Waals surface area contributed by atoms with E-state index in [1.165, 1.54) is 11.1 Å². The van der Waals surface area contributed by atoms with Gasteiger partial charge in [-0.2, -0.15) is 0 Å². The van der Waals surface area contributed by atoms with Crippen molar-refractivity contribution < 1.29 is 14.3 Å². The molecular formula is C18H25N3O3. The molecule has 0 bridgehead atoms. The Morgan fingerprint density at radius 3 is 2.42 bits per heavy atom. The van der Waals surface area contributed by atoms with E-state index >= 15 is 0 Å². The first-order valence-electron chi connectivity index (χ1n) is 8.67. The number of rotatable bonds is 4. The number of morpholine rings is 1. The third kappa shape index (κ3) is 3.87. The van der Waals surface area contributed by atoms with E-state index in [9.17, 15) is 9.59 Å². The molecule has 2 N–H and O–H groups in total. The summed E-state index contributed by atoms with van der Waals surface area (Å²) in [5.74, 6) is -0.0225. The van der Waals surface area contributed by atoms with E-state index in [4.69, 9.17) is 4.74 Å². The van der Waals surface area contributed by atoms with Gasteiger partial charge in [0.1, 0.15) is 6.04 Å².